The number of aryl methyl sites for hydroxylation is 1. The third-order valence-corrected chi connectivity index (χ3v) is 9.09. The number of aliphatic imine (C=N–C) groups is 1. The van der Waals surface area contributed by atoms with E-state index in [0.717, 1.165) is 4.90 Å². The van der Waals surface area contributed by atoms with Crippen molar-refractivity contribution in [2.24, 2.45) is 4.99 Å². The van der Waals surface area contributed by atoms with Gasteiger partial charge in [0.15, 0.2) is 0 Å². The second-order valence-corrected chi connectivity index (χ2v) is 14.2. The van der Waals surface area contributed by atoms with Crippen molar-refractivity contribution in [2.75, 3.05) is 14.2 Å². The standard InChI is InChI=1S/C36H40F7N3O5/c1-19-13-23(37)9-10-24(19)25-17-26(27-11-12-28(30(47)50-8)46(27)32(49)51-33(2,3)4)44-18-29(25)45(7)31(48)34(5,6)20-14-21(35(38,39)40)16-22(15-20)36(41,42)43/h9-10,13-16,18,26-28H,11-12,17H2,1-8H3/t26?,27-,28-/m1/s1. The molecule has 0 bridgehead atoms. The van der Waals surface area contributed by atoms with Gasteiger partial charge < -0.3 is 14.4 Å². The molecule has 0 spiro atoms. The van der Waals surface area contributed by atoms with E-state index in [-0.39, 0.29) is 24.6 Å². The van der Waals surface area contributed by atoms with E-state index in [4.69, 9.17) is 9.47 Å². The first kappa shape index (κ1) is 39.4. The third-order valence-electron chi connectivity index (χ3n) is 9.09. The van der Waals surface area contributed by atoms with E-state index in [1.165, 1.54) is 57.3 Å². The summed E-state index contributed by atoms with van der Waals surface area (Å²) in [5.41, 5.74) is -4.88. The number of methoxy groups -OCH3 is 1. The molecule has 15 heteroatoms. The van der Waals surface area contributed by atoms with Crippen molar-refractivity contribution in [3.63, 3.8) is 0 Å². The van der Waals surface area contributed by atoms with Gasteiger partial charge in [0.1, 0.15) is 17.5 Å². The number of carbonyl (C=O) groups is 3. The van der Waals surface area contributed by atoms with Gasteiger partial charge in [-0.1, -0.05) is 6.07 Å². The highest BCUT2D eigenvalue weighted by atomic mass is 19.4. The van der Waals surface area contributed by atoms with Crippen molar-refractivity contribution in [3.05, 3.63) is 75.7 Å². The quantitative estimate of drug-likeness (QED) is 0.222. The number of nitrogens with zero attached hydrogens (tertiary/aromatic N) is 3. The minimum absolute atomic E-state index is 0.00596. The largest absolute Gasteiger partial charge is 0.467 e. The molecule has 4 rings (SSSR count). The summed E-state index contributed by atoms with van der Waals surface area (Å²) in [6.07, 6.45) is -9.05. The summed E-state index contributed by atoms with van der Waals surface area (Å²) in [7, 11) is 2.52. The highest BCUT2D eigenvalue weighted by Crippen LogP contribution is 2.42. The first-order valence-electron chi connectivity index (χ1n) is 16.1. The average molecular weight is 728 g/mol. The number of halogens is 7. The minimum atomic E-state index is -5.12. The lowest BCUT2D eigenvalue weighted by Crippen LogP contribution is -2.51. The minimum Gasteiger partial charge on any atom is -0.467 e. The molecule has 1 fully saturated rings. The molecule has 3 atom stereocenters. The van der Waals surface area contributed by atoms with Gasteiger partial charge in [0.05, 0.1) is 41.4 Å². The molecule has 51 heavy (non-hydrogen) atoms. The Hall–Kier alpha value is -4.43. The number of likely N-dealkylation sites (N-methyl/N-ethyl adjacent to an activating group) is 1. The molecule has 2 heterocycles. The van der Waals surface area contributed by atoms with Crippen LogP contribution < -0.4 is 0 Å². The van der Waals surface area contributed by atoms with Crippen LogP contribution >= 0.6 is 0 Å². The molecule has 278 valence electrons. The fraction of sp³-hybridized carbons (Fsp3) is 0.500. The number of carbonyl (C=O) groups excluding carboxylic acids is 3. The van der Waals surface area contributed by atoms with E-state index in [1.807, 2.05) is 0 Å². The third kappa shape index (κ3) is 8.39. The molecule has 0 saturated carbocycles. The number of dihydropyridines is 1. The molecule has 0 N–H and O–H groups in total. The zero-order valence-corrected chi connectivity index (χ0v) is 29.4. The van der Waals surface area contributed by atoms with Gasteiger partial charge in [0.25, 0.3) is 0 Å². The lowest BCUT2D eigenvalue weighted by molar-refractivity contribution is -0.146. The maximum Gasteiger partial charge on any atom is 0.416 e. The number of hydrogen-bond donors (Lipinski definition) is 0. The van der Waals surface area contributed by atoms with Crippen LogP contribution in [0.3, 0.4) is 0 Å². The number of allylic oxidation sites excluding steroid dienone is 1. The zero-order valence-electron chi connectivity index (χ0n) is 29.4. The van der Waals surface area contributed by atoms with Gasteiger partial charge in [-0.15, -0.1) is 0 Å². The van der Waals surface area contributed by atoms with Gasteiger partial charge in [-0.2, -0.15) is 26.3 Å². The van der Waals surface area contributed by atoms with Crippen LogP contribution in [-0.2, 0) is 36.8 Å². The monoisotopic (exact) mass is 727 g/mol. The molecule has 8 nitrogen and oxygen atoms in total. The molecular weight excluding hydrogens is 687 g/mol. The Morgan fingerprint density at radius 2 is 1.45 bits per heavy atom. The molecule has 2 aromatic carbocycles. The van der Waals surface area contributed by atoms with Crippen molar-refractivity contribution < 1.29 is 54.6 Å². The number of rotatable bonds is 6. The van der Waals surface area contributed by atoms with Gasteiger partial charge in [-0.3, -0.25) is 14.7 Å². The lowest BCUT2D eigenvalue weighted by Gasteiger charge is -2.37. The molecule has 0 aromatic heterocycles. The number of ether oxygens (including phenoxy) is 2. The fourth-order valence-electron chi connectivity index (χ4n) is 6.48. The lowest BCUT2D eigenvalue weighted by atomic mass is 9.81. The Labute approximate surface area is 291 Å². The molecule has 1 unspecified atom stereocenters. The van der Waals surface area contributed by atoms with E-state index in [2.05, 4.69) is 4.99 Å². The van der Waals surface area contributed by atoms with Gasteiger partial charge in [-0.05, 0) is 113 Å². The number of likely N-dealkylation sites (tertiary alicyclic amines) is 1. The maximum absolute atomic E-state index is 14.3. The molecule has 2 aliphatic rings. The molecule has 2 aromatic rings. The number of alkyl halides is 6. The van der Waals surface area contributed by atoms with Crippen LogP contribution in [0, 0.1) is 12.7 Å². The first-order valence-corrected chi connectivity index (χ1v) is 16.1. The average Bonchev–Trinajstić information content (AvgIpc) is 3.47. The van der Waals surface area contributed by atoms with Crippen LogP contribution in [0.4, 0.5) is 35.5 Å². The van der Waals surface area contributed by atoms with Crippen LogP contribution in [0.2, 0.25) is 0 Å². The second kappa shape index (κ2) is 13.9. The van der Waals surface area contributed by atoms with Crippen LogP contribution in [0.15, 0.2) is 47.1 Å². The smallest absolute Gasteiger partial charge is 0.416 e. The summed E-state index contributed by atoms with van der Waals surface area (Å²) in [4.78, 5) is 47.4. The van der Waals surface area contributed by atoms with Gasteiger partial charge >= 0.3 is 24.4 Å². The number of esters is 1. The van der Waals surface area contributed by atoms with Gasteiger partial charge in [0, 0.05) is 13.3 Å². The predicted octanol–water partition coefficient (Wildman–Crippen LogP) is 8.10. The summed E-state index contributed by atoms with van der Waals surface area (Å²) < 4.78 is 107. The molecule has 1 saturated heterocycles. The number of benzene rings is 2. The van der Waals surface area contributed by atoms with Gasteiger partial charge in [0.2, 0.25) is 5.91 Å². The van der Waals surface area contributed by atoms with E-state index < -0.39 is 82.0 Å². The highest BCUT2D eigenvalue weighted by molar-refractivity contribution is 6.00. The van der Waals surface area contributed by atoms with Crippen molar-refractivity contribution >= 4 is 29.8 Å². The Morgan fingerprint density at radius 3 is 1.96 bits per heavy atom. The number of hydrogen-bond acceptors (Lipinski definition) is 6. The number of amides is 2. The van der Waals surface area contributed by atoms with Crippen LogP contribution in [0.25, 0.3) is 5.57 Å². The van der Waals surface area contributed by atoms with Crippen LogP contribution in [-0.4, -0.2) is 71.9 Å². The normalized spacial score (nSPS) is 20.1. The summed E-state index contributed by atoms with van der Waals surface area (Å²) in [6.45, 7) is 9.08. The van der Waals surface area contributed by atoms with Gasteiger partial charge in [-0.25, -0.2) is 14.0 Å². The Bertz CT molecular complexity index is 1730. The SMILES string of the molecule is COC(=O)[C@H]1CC[C@H](C2CC(c3ccc(F)cc3C)=C(N(C)C(=O)C(C)(C)c3cc(C(F)(F)F)cc(C(F)(F)F)c3)C=N2)N1C(=O)OC(C)(C)C. The molecule has 2 amide bonds. The van der Waals surface area contributed by atoms with Crippen LogP contribution in [0.5, 0.6) is 0 Å². The fourth-order valence-corrected chi connectivity index (χ4v) is 6.48. The highest BCUT2D eigenvalue weighted by Gasteiger charge is 2.48. The summed E-state index contributed by atoms with van der Waals surface area (Å²) in [5, 5.41) is 0. The van der Waals surface area contributed by atoms with E-state index in [1.54, 1.807) is 27.7 Å². The molecule has 2 aliphatic heterocycles. The summed E-state index contributed by atoms with van der Waals surface area (Å²) >= 11 is 0. The van der Waals surface area contributed by atoms with Crippen molar-refractivity contribution in [1.29, 1.82) is 0 Å². The summed E-state index contributed by atoms with van der Waals surface area (Å²) in [5.74, 6) is -2.04. The first-order chi connectivity index (χ1) is 23.4. The van der Waals surface area contributed by atoms with Crippen molar-refractivity contribution in [3.8, 4) is 0 Å². The molecule has 0 radical (unpaired) electrons. The Kier molecular flexibility index (Phi) is 10.8. The predicted molar refractivity (Wildman–Crippen MR) is 174 cm³/mol. The Morgan fingerprint density at radius 1 is 0.882 bits per heavy atom. The van der Waals surface area contributed by atoms with Crippen molar-refractivity contribution in [1.82, 2.24) is 9.80 Å². The second-order valence-electron chi connectivity index (χ2n) is 14.2. The molecular formula is C36H40F7N3O5. The zero-order chi connectivity index (χ0) is 38.4. The summed E-state index contributed by atoms with van der Waals surface area (Å²) in [6, 6.07) is 2.65. The maximum atomic E-state index is 14.3. The van der Waals surface area contributed by atoms with E-state index >= 15 is 0 Å². The topological polar surface area (TPSA) is 88.5 Å². The van der Waals surface area contributed by atoms with Crippen LogP contribution in [0.1, 0.15) is 81.7 Å². The molecule has 0 aliphatic carbocycles. The van der Waals surface area contributed by atoms with Crippen molar-refractivity contribution in [2.45, 2.75) is 102 Å². The Balaban J connectivity index is 1.80. The van der Waals surface area contributed by atoms with E-state index in [0.29, 0.717) is 35.3 Å². The van der Waals surface area contributed by atoms with E-state index in [9.17, 15) is 45.1 Å².